The summed E-state index contributed by atoms with van der Waals surface area (Å²) in [5, 5.41) is 9.03. The summed E-state index contributed by atoms with van der Waals surface area (Å²) in [6, 6.07) is 26.6. The summed E-state index contributed by atoms with van der Waals surface area (Å²) in [7, 11) is 0. The number of carbonyl (C=O) groups excluding carboxylic acids is 1. The number of hydrogen-bond donors (Lipinski definition) is 0. The maximum absolute atomic E-state index is 13.1. The highest BCUT2D eigenvalue weighted by Gasteiger charge is 2.23. The zero-order chi connectivity index (χ0) is 24.4. The number of amides is 1. The molecule has 1 amide bonds. The van der Waals surface area contributed by atoms with Crippen molar-refractivity contribution < 1.29 is 4.79 Å². The number of aromatic nitrogens is 2. The second-order valence-electron chi connectivity index (χ2n) is 9.25. The lowest BCUT2D eigenvalue weighted by atomic mass is 9.99. The first-order valence-electron chi connectivity index (χ1n) is 12.1. The Morgan fingerprint density at radius 3 is 2.00 bits per heavy atom. The highest BCUT2D eigenvalue weighted by atomic mass is 16.2. The second-order valence-corrected chi connectivity index (χ2v) is 9.25. The largest absolute Gasteiger partial charge is 0.352 e. The van der Waals surface area contributed by atoms with Crippen LogP contribution in [-0.2, 0) is 0 Å². The average Bonchev–Trinajstić information content (AvgIpc) is 2.91. The Labute approximate surface area is 207 Å². The molecule has 35 heavy (non-hydrogen) atoms. The first-order valence-corrected chi connectivity index (χ1v) is 12.1. The molecule has 1 fully saturated rings. The summed E-state index contributed by atoms with van der Waals surface area (Å²) in [5.41, 5.74) is 8.76. The minimum Gasteiger partial charge on any atom is -0.352 e. The third-order valence-electron chi connectivity index (χ3n) is 6.90. The van der Waals surface area contributed by atoms with Gasteiger partial charge in [-0.2, -0.15) is 0 Å². The predicted molar refractivity (Wildman–Crippen MR) is 142 cm³/mol. The van der Waals surface area contributed by atoms with E-state index in [1.165, 1.54) is 16.7 Å². The van der Waals surface area contributed by atoms with Crippen LogP contribution < -0.4 is 4.90 Å². The van der Waals surface area contributed by atoms with Crippen LogP contribution >= 0.6 is 0 Å². The van der Waals surface area contributed by atoms with Gasteiger partial charge in [0.2, 0.25) is 0 Å². The van der Waals surface area contributed by atoms with Crippen LogP contribution in [0.4, 0.5) is 5.82 Å². The van der Waals surface area contributed by atoms with Gasteiger partial charge in [0.15, 0.2) is 5.82 Å². The minimum absolute atomic E-state index is 0.0795. The fraction of sp³-hybridized carbons (Fsp3) is 0.233. The van der Waals surface area contributed by atoms with Gasteiger partial charge in [0.05, 0.1) is 5.69 Å². The Balaban J connectivity index is 1.22. The van der Waals surface area contributed by atoms with Crippen LogP contribution in [-0.4, -0.2) is 47.2 Å². The van der Waals surface area contributed by atoms with Crippen molar-refractivity contribution in [3.8, 4) is 22.4 Å². The van der Waals surface area contributed by atoms with Gasteiger partial charge in [0.25, 0.3) is 5.91 Å². The number of anilines is 1. The first-order chi connectivity index (χ1) is 17.0. The van der Waals surface area contributed by atoms with Gasteiger partial charge in [-0.25, -0.2) is 0 Å². The summed E-state index contributed by atoms with van der Waals surface area (Å²) >= 11 is 0. The van der Waals surface area contributed by atoms with E-state index in [9.17, 15) is 4.79 Å². The normalized spacial score (nSPS) is 13.7. The Morgan fingerprint density at radius 2 is 1.34 bits per heavy atom. The average molecular weight is 463 g/mol. The minimum atomic E-state index is 0.0795. The van der Waals surface area contributed by atoms with Crippen molar-refractivity contribution in [3.05, 3.63) is 101 Å². The summed E-state index contributed by atoms with van der Waals surface area (Å²) in [6.45, 7) is 9.18. The van der Waals surface area contributed by atoms with Gasteiger partial charge in [0, 0.05) is 37.3 Å². The van der Waals surface area contributed by atoms with E-state index in [1.54, 1.807) is 0 Å². The van der Waals surface area contributed by atoms with Crippen LogP contribution in [0.15, 0.2) is 78.9 Å². The Kier molecular flexibility index (Phi) is 6.32. The van der Waals surface area contributed by atoms with E-state index in [4.69, 9.17) is 0 Å². The molecule has 0 saturated carbocycles. The molecule has 0 spiro atoms. The van der Waals surface area contributed by atoms with Gasteiger partial charge in [-0.3, -0.25) is 4.79 Å². The molecule has 0 bridgehead atoms. The summed E-state index contributed by atoms with van der Waals surface area (Å²) in [4.78, 5) is 17.2. The molecule has 1 aliphatic rings. The fourth-order valence-electron chi connectivity index (χ4n) is 4.63. The van der Waals surface area contributed by atoms with Crippen molar-refractivity contribution in [2.24, 2.45) is 0 Å². The van der Waals surface area contributed by atoms with Crippen LogP contribution in [0.3, 0.4) is 0 Å². The lowest BCUT2D eigenvalue weighted by molar-refractivity contribution is 0.0746. The lowest BCUT2D eigenvalue weighted by Crippen LogP contribution is -2.49. The number of nitrogens with zero attached hydrogens (tertiary/aromatic N) is 4. The topological polar surface area (TPSA) is 49.3 Å². The van der Waals surface area contributed by atoms with Gasteiger partial charge < -0.3 is 9.80 Å². The van der Waals surface area contributed by atoms with E-state index < -0.39 is 0 Å². The van der Waals surface area contributed by atoms with Gasteiger partial charge in [-0.05, 0) is 78.9 Å². The number of aryl methyl sites for hydroxylation is 3. The number of carbonyl (C=O) groups is 1. The van der Waals surface area contributed by atoms with E-state index >= 15 is 0 Å². The van der Waals surface area contributed by atoms with Crippen molar-refractivity contribution in [1.29, 1.82) is 0 Å². The number of benzene rings is 3. The van der Waals surface area contributed by atoms with Gasteiger partial charge in [-0.1, -0.05) is 48.5 Å². The van der Waals surface area contributed by atoms with Gasteiger partial charge in [-0.15, -0.1) is 10.2 Å². The molecule has 5 rings (SSSR count). The Hall–Kier alpha value is -3.99. The predicted octanol–water partition coefficient (Wildman–Crippen LogP) is 5.70. The molecule has 3 aromatic carbocycles. The molecule has 0 radical (unpaired) electrons. The molecule has 0 aliphatic carbocycles. The molecule has 4 aromatic rings. The third-order valence-corrected chi connectivity index (χ3v) is 6.90. The molecule has 1 aromatic heterocycles. The maximum Gasteiger partial charge on any atom is 0.253 e. The van der Waals surface area contributed by atoms with E-state index in [0.29, 0.717) is 13.1 Å². The van der Waals surface area contributed by atoms with Crippen LogP contribution in [0.5, 0.6) is 0 Å². The second kappa shape index (κ2) is 9.71. The van der Waals surface area contributed by atoms with Crippen LogP contribution in [0.2, 0.25) is 0 Å². The zero-order valence-corrected chi connectivity index (χ0v) is 20.5. The highest BCUT2D eigenvalue weighted by molar-refractivity contribution is 5.95. The van der Waals surface area contributed by atoms with E-state index in [-0.39, 0.29) is 5.91 Å². The third kappa shape index (κ3) is 4.80. The summed E-state index contributed by atoms with van der Waals surface area (Å²) in [6.07, 6.45) is 0. The molecular weight excluding hydrogens is 432 g/mol. The van der Waals surface area contributed by atoms with Crippen molar-refractivity contribution in [2.45, 2.75) is 20.8 Å². The Morgan fingerprint density at radius 1 is 0.686 bits per heavy atom. The molecule has 2 heterocycles. The van der Waals surface area contributed by atoms with E-state index in [1.807, 2.05) is 59.5 Å². The highest BCUT2D eigenvalue weighted by Crippen LogP contribution is 2.26. The summed E-state index contributed by atoms with van der Waals surface area (Å²) < 4.78 is 0. The van der Waals surface area contributed by atoms with Crippen molar-refractivity contribution in [1.82, 2.24) is 15.1 Å². The molecule has 176 valence electrons. The molecule has 0 unspecified atom stereocenters. The SMILES string of the molecule is Cc1cc(C)c(-c2ccc(N3CCN(C(=O)c4ccc(-c5ccccc5)cc4)CC3)nn2)cc1C. The maximum atomic E-state index is 13.1. The molecule has 5 nitrogen and oxygen atoms in total. The standard InChI is InChI=1S/C30H30N4O/c1-21-19-23(3)27(20-22(21)2)28-13-14-29(32-31-28)33-15-17-34(18-16-33)30(35)26-11-9-25(10-12-26)24-7-5-4-6-8-24/h4-14,19-20H,15-18H2,1-3H3. The molecule has 0 N–H and O–H groups in total. The zero-order valence-electron chi connectivity index (χ0n) is 20.5. The quantitative estimate of drug-likeness (QED) is 0.390. The van der Waals surface area contributed by atoms with Crippen LogP contribution in [0.1, 0.15) is 27.0 Å². The molecule has 1 saturated heterocycles. The van der Waals surface area contributed by atoms with Crippen molar-refractivity contribution >= 4 is 11.7 Å². The van der Waals surface area contributed by atoms with Crippen molar-refractivity contribution in [3.63, 3.8) is 0 Å². The fourth-order valence-corrected chi connectivity index (χ4v) is 4.63. The van der Waals surface area contributed by atoms with Crippen molar-refractivity contribution in [2.75, 3.05) is 31.1 Å². The van der Waals surface area contributed by atoms with E-state index in [2.05, 4.69) is 60.1 Å². The smallest absolute Gasteiger partial charge is 0.253 e. The first kappa shape index (κ1) is 22.8. The monoisotopic (exact) mass is 462 g/mol. The molecule has 0 atom stereocenters. The van der Waals surface area contributed by atoms with E-state index in [0.717, 1.165) is 46.9 Å². The molecule has 5 heteroatoms. The van der Waals surface area contributed by atoms with Crippen LogP contribution in [0.25, 0.3) is 22.4 Å². The Bertz CT molecular complexity index is 1320. The number of hydrogen-bond acceptors (Lipinski definition) is 4. The molecular formula is C30H30N4O. The van der Waals surface area contributed by atoms with Gasteiger partial charge >= 0.3 is 0 Å². The summed E-state index contributed by atoms with van der Waals surface area (Å²) in [5.74, 6) is 0.936. The number of rotatable bonds is 4. The van der Waals surface area contributed by atoms with Crippen LogP contribution in [0, 0.1) is 20.8 Å². The number of piperazine rings is 1. The van der Waals surface area contributed by atoms with Gasteiger partial charge in [0.1, 0.15) is 0 Å². The lowest BCUT2D eigenvalue weighted by Gasteiger charge is -2.35. The molecule has 1 aliphatic heterocycles.